The summed E-state index contributed by atoms with van der Waals surface area (Å²) in [6, 6.07) is 5.67. The summed E-state index contributed by atoms with van der Waals surface area (Å²) in [6.07, 6.45) is 5.79. The van der Waals surface area contributed by atoms with Gasteiger partial charge in [0.1, 0.15) is 0 Å². The van der Waals surface area contributed by atoms with Crippen molar-refractivity contribution in [2.75, 3.05) is 14.2 Å². The van der Waals surface area contributed by atoms with Crippen molar-refractivity contribution in [2.24, 2.45) is 0 Å². The molecule has 0 spiro atoms. The molecule has 1 aromatic rings. The van der Waals surface area contributed by atoms with Gasteiger partial charge in [0.15, 0.2) is 11.5 Å². The summed E-state index contributed by atoms with van der Waals surface area (Å²) in [6.45, 7) is 0. The van der Waals surface area contributed by atoms with Crippen molar-refractivity contribution in [3.8, 4) is 23.8 Å². The highest BCUT2D eigenvalue weighted by Gasteiger charge is 2.07. The van der Waals surface area contributed by atoms with E-state index in [1.54, 1.807) is 14.2 Å². The van der Waals surface area contributed by atoms with Crippen LogP contribution in [0.1, 0.15) is 5.56 Å². The smallest absolute Gasteiger partial charge is 0.164 e. The van der Waals surface area contributed by atoms with Crippen LogP contribution >= 0.6 is 0 Å². The van der Waals surface area contributed by atoms with Crippen molar-refractivity contribution in [2.45, 2.75) is 6.42 Å². The van der Waals surface area contributed by atoms with Crippen LogP contribution in [0.25, 0.3) is 0 Å². The SMILES string of the molecule is C#CCc1cccc(OC)c1OC. The van der Waals surface area contributed by atoms with Gasteiger partial charge >= 0.3 is 0 Å². The van der Waals surface area contributed by atoms with Gasteiger partial charge in [-0.05, 0) is 6.07 Å². The van der Waals surface area contributed by atoms with Gasteiger partial charge in [0, 0.05) is 12.0 Å². The number of ether oxygens (including phenoxy) is 2. The van der Waals surface area contributed by atoms with E-state index in [0.29, 0.717) is 6.42 Å². The molecule has 0 fully saturated rings. The fourth-order valence-corrected chi connectivity index (χ4v) is 1.20. The molecule has 2 heteroatoms. The van der Waals surface area contributed by atoms with Crippen molar-refractivity contribution in [3.63, 3.8) is 0 Å². The normalized spacial score (nSPS) is 9.00. The lowest BCUT2D eigenvalue weighted by atomic mass is 10.1. The quantitative estimate of drug-likeness (QED) is 0.655. The summed E-state index contributed by atoms with van der Waals surface area (Å²) >= 11 is 0. The molecule has 0 N–H and O–H groups in total. The molecule has 0 saturated heterocycles. The molecule has 0 aliphatic heterocycles. The zero-order valence-electron chi connectivity index (χ0n) is 7.83. The fraction of sp³-hybridized carbons (Fsp3) is 0.273. The zero-order chi connectivity index (χ0) is 9.68. The van der Waals surface area contributed by atoms with Gasteiger partial charge in [0.25, 0.3) is 0 Å². The van der Waals surface area contributed by atoms with Crippen LogP contribution < -0.4 is 9.47 Å². The maximum atomic E-state index is 5.23. The lowest BCUT2D eigenvalue weighted by Crippen LogP contribution is -1.94. The molecule has 0 amide bonds. The standard InChI is InChI=1S/C11H12O2/c1-4-6-9-7-5-8-10(12-2)11(9)13-3/h1,5,7-8H,6H2,2-3H3. The molecule has 0 bridgehead atoms. The summed E-state index contributed by atoms with van der Waals surface area (Å²) in [5.41, 5.74) is 0.976. The summed E-state index contributed by atoms with van der Waals surface area (Å²) in [4.78, 5) is 0. The first-order chi connectivity index (χ1) is 6.33. The molecule has 0 radical (unpaired) electrons. The zero-order valence-corrected chi connectivity index (χ0v) is 7.83. The number of terminal acetylenes is 1. The first-order valence-corrected chi connectivity index (χ1v) is 3.96. The summed E-state index contributed by atoms with van der Waals surface area (Å²) in [5.74, 6) is 4.02. The Balaban J connectivity index is 3.12. The number of para-hydroxylation sites is 1. The maximum Gasteiger partial charge on any atom is 0.164 e. The number of hydrogen-bond acceptors (Lipinski definition) is 2. The van der Waals surface area contributed by atoms with Crippen LogP contribution in [0.3, 0.4) is 0 Å². The maximum absolute atomic E-state index is 5.23. The Bertz CT molecular complexity index is 323. The van der Waals surface area contributed by atoms with Crippen molar-refractivity contribution >= 4 is 0 Å². The first-order valence-electron chi connectivity index (χ1n) is 3.96. The van der Waals surface area contributed by atoms with Crippen LogP contribution in [0.4, 0.5) is 0 Å². The highest BCUT2D eigenvalue weighted by molar-refractivity contribution is 5.47. The second-order valence-electron chi connectivity index (χ2n) is 2.53. The lowest BCUT2D eigenvalue weighted by molar-refractivity contribution is 0.352. The highest BCUT2D eigenvalue weighted by atomic mass is 16.5. The van der Waals surface area contributed by atoms with Gasteiger partial charge in [-0.1, -0.05) is 12.1 Å². The van der Waals surface area contributed by atoms with Crippen LogP contribution in [0.15, 0.2) is 18.2 Å². The van der Waals surface area contributed by atoms with Gasteiger partial charge in [0.05, 0.1) is 14.2 Å². The summed E-state index contributed by atoms with van der Waals surface area (Å²) in [7, 11) is 3.22. The molecule has 1 rings (SSSR count). The topological polar surface area (TPSA) is 18.5 Å². The van der Waals surface area contributed by atoms with E-state index in [0.717, 1.165) is 17.1 Å². The van der Waals surface area contributed by atoms with Crippen LogP contribution in [0.5, 0.6) is 11.5 Å². The predicted octanol–water partition coefficient (Wildman–Crippen LogP) is 1.88. The van der Waals surface area contributed by atoms with E-state index in [9.17, 15) is 0 Å². The molecule has 2 nitrogen and oxygen atoms in total. The first kappa shape index (κ1) is 9.47. The third kappa shape index (κ3) is 1.94. The van der Waals surface area contributed by atoms with E-state index in [1.807, 2.05) is 18.2 Å². The lowest BCUT2D eigenvalue weighted by Gasteiger charge is -2.10. The van der Waals surface area contributed by atoms with Gasteiger partial charge in [-0.2, -0.15) is 0 Å². The van der Waals surface area contributed by atoms with E-state index in [4.69, 9.17) is 15.9 Å². The molecule has 0 atom stereocenters. The van der Waals surface area contributed by atoms with E-state index in [2.05, 4.69) is 5.92 Å². The van der Waals surface area contributed by atoms with E-state index >= 15 is 0 Å². The minimum Gasteiger partial charge on any atom is -0.493 e. The van der Waals surface area contributed by atoms with Crippen LogP contribution in [0.2, 0.25) is 0 Å². The van der Waals surface area contributed by atoms with Gasteiger partial charge in [-0.3, -0.25) is 0 Å². The predicted molar refractivity (Wildman–Crippen MR) is 52.1 cm³/mol. The van der Waals surface area contributed by atoms with Crippen molar-refractivity contribution in [3.05, 3.63) is 23.8 Å². The number of rotatable bonds is 3. The molecular weight excluding hydrogens is 164 g/mol. The van der Waals surface area contributed by atoms with Crippen LogP contribution in [-0.4, -0.2) is 14.2 Å². The van der Waals surface area contributed by atoms with Crippen LogP contribution in [0, 0.1) is 12.3 Å². The average molecular weight is 176 g/mol. The third-order valence-corrected chi connectivity index (χ3v) is 1.78. The van der Waals surface area contributed by atoms with E-state index in [-0.39, 0.29) is 0 Å². The van der Waals surface area contributed by atoms with Gasteiger partial charge in [-0.15, -0.1) is 12.3 Å². The Morgan fingerprint density at radius 1 is 1.31 bits per heavy atom. The van der Waals surface area contributed by atoms with E-state index < -0.39 is 0 Å². The molecule has 0 aliphatic carbocycles. The van der Waals surface area contributed by atoms with Crippen molar-refractivity contribution in [1.29, 1.82) is 0 Å². The van der Waals surface area contributed by atoms with Crippen molar-refractivity contribution in [1.82, 2.24) is 0 Å². The van der Waals surface area contributed by atoms with Crippen LogP contribution in [-0.2, 0) is 6.42 Å². The second-order valence-corrected chi connectivity index (χ2v) is 2.53. The average Bonchev–Trinajstić information content (AvgIpc) is 2.18. The molecule has 68 valence electrons. The molecule has 0 unspecified atom stereocenters. The Morgan fingerprint density at radius 2 is 2.08 bits per heavy atom. The summed E-state index contributed by atoms with van der Waals surface area (Å²) < 4.78 is 10.3. The molecule has 0 heterocycles. The highest BCUT2D eigenvalue weighted by Crippen LogP contribution is 2.30. The third-order valence-electron chi connectivity index (χ3n) is 1.78. The number of methoxy groups -OCH3 is 2. The molecule has 1 aromatic carbocycles. The Morgan fingerprint density at radius 3 is 2.62 bits per heavy atom. The molecule has 13 heavy (non-hydrogen) atoms. The minimum atomic E-state index is 0.556. The summed E-state index contributed by atoms with van der Waals surface area (Å²) in [5, 5.41) is 0. The molecule has 0 aliphatic rings. The Kier molecular flexibility index (Phi) is 3.22. The monoisotopic (exact) mass is 176 g/mol. The van der Waals surface area contributed by atoms with Crippen molar-refractivity contribution < 1.29 is 9.47 Å². The minimum absolute atomic E-state index is 0.556. The molecule has 0 aromatic heterocycles. The molecule has 0 saturated carbocycles. The van der Waals surface area contributed by atoms with Gasteiger partial charge in [-0.25, -0.2) is 0 Å². The van der Waals surface area contributed by atoms with E-state index in [1.165, 1.54) is 0 Å². The Labute approximate surface area is 78.5 Å². The van der Waals surface area contributed by atoms with Gasteiger partial charge in [0.2, 0.25) is 0 Å². The largest absolute Gasteiger partial charge is 0.493 e. The second kappa shape index (κ2) is 4.42. The number of benzene rings is 1. The number of hydrogen-bond donors (Lipinski definition) is 0. The van der Waals surface area contributed by atoms with Gasteiger partial charge < -0.3 is 9.47 Å². The Hall–Kier alpha value is -1.62. The molecular formula is C11H12O2. The fourth-order valence-electron chi connectivity index (χ4n) is 1.20.